The Balaban J connectivity index is 1.91. The van der Waals surface area contributed by atoms with Crippen molar-refractivity contribution in [1.29, 1.82) is 0 Å². The van der Waals surface area contributed by atoms with Gasteiger partial charge in [-0.25, -0.2) is 4.98 Å². The highest BCUT2D eigenvalue weighted by Crippen LogP contribution is 2.31. The van der Waals surface area contributed by atoms with Crippen LogP contribution < -0.4 is 11.3 Å². The van der Waals surface area contributed by atoms with Crippen molar-refractivity contribution in [2.45, 2.75) is 39.8 Å². The van der Waals surface area contributed by atoms with Gasteiger partial charge in [0.15, 0.2) is 4.83 Å². The van der Waals surface area contributed by atoms with Gasteiger partial charge < -0.3 is 10.6 Å². The quantitative estimate of drug-likeness (QED) is 0.376. The molecule has 35 heavy (non-hydrogen) atoms. The van der Waals surface area contributed by atoms with E-state index in [1.54, 1.807) is 4.57 Å². The number of aryl methyl sites for hydroxylation is 1. The molecule has 2 heterocycles. The Bertz CT molecular complexity index is 1350. The van der Waals surface area contributed by atoms with Crippen molar-refractivity contribution in [2.75, 3.05) is 13.1 Å². The van der Waals surface area contributed by atoms with Crippen LogP contribution in [0.15, 0.2) is 65.5 Å². The summed E-state index contributed by atoms with van der Waals surface area (Å²) in [7, 11) is 0. The first-order chi connectivity index (χ1) is 16.9. The number of aromatic nitrogens is 3. The maximum atomic E-state index is 13.8. The summed E-state index contributed by atoms with van der Waals surface area (Å²) in [5.41, 5.74) is 7.99. The number of rotatable bonds is 9. The van der Waals surface area contributed by atoms with E-state index in [1.807, 2.05) is 72.5 Å². The van der Waals surface area contributed by atoms with Crippen molar-refractivity contribution < 1.29 is 4.79 Å². The highest BCUT2D eigenvalue weighted by Gasteiger charge is 2.33. The number of hydrogen-bond acceptors (Lipinski definition) is 6. The molecule has 2 aromatic heterocycles. The lowest BCUT2D eigenvalue weighted by Crippen LogP contribution is -2.42. The Labute approximate surface area is 209 Å². The van der Waals surface area contributed by atoms with Gasteiger partial charge in [0.25, 0.3) is 11.5 Å². The predicted molar refractivity (Wildman–Crippen MR) is 141 cm³/mol. The molecule has 2 aromatic carbocycles. The van der Waals surface area contributed by atoms with Gasteiger partial charge in [-0.3, -0.25) is 14.2 Å². The molecule has 0 fully saturated rings. The Kier molecular flexibility index (Phi) is 7.73. The molecule has 0 saturated heterocycles. The van der Waals surface area contributed by atoms with Crippen LogP contribution in [0.25, 0.3) is 10.2 Å². The minimum absolute atomic E-state index is 0.000767. The largest absolute Gasteiger partial charge is 0.330 e. The van der Waals surface area contributed by atoms with E-state index in [0.717, 1.165) is 5.56 Å². The molecule has 0 aliphatic carbocycles. The molecule has 1 atom stereocenters. The zero-order valence-electron chi connectivity index (χ0n) is 20.3. The molecule has 182 valence electrons. The van der Waals surface area contributed by atoms with Crippen LogP contribution in [-0.4, -0.2) is 37.8 Å². The number of nitrogens with two attached hydrogens (primary N) is 1. The molecule has 1 unspecified atom stereocenters. The Hall–Kier alpha value is -3.36. The van der Waals surface area contributed by atoms with Gasteiger partial charge in [0, 0.05) is 12.1 Å². The smallest absolute Gasteiger partial charge is 0.264 e. The van der Waals surface area contributed by atoms with E-state index in [2.05, 4.69) is 18.2 Å². The molecule has 0 aliphatic heterocycles. The van der Waals surface area contributed by atoms with Crippen LogP contribution in [0.5, 0.6) is 0 Å². The average Bonchev–Trinajstić information content (AvgIpc) is 3.24. The molecule has 0 radical (unpaired) electrons. The van der Waals surface area contributed by atoms with Crippen molar-refractivity contribution >= 4 is 27.7 Å². The third kappa shape index (κ3) is 5.18. The van der Waals surface area contributed by atoms with Crippen molar-refractivity contribution in [2.24, 2.45) is 11.7 Å². The number of benzene rings is 2. The summed E-state index contributed by atoms with van der Waals surface area (Å²) in [6.45, 7) is 7.23. The third-order valence-corrected chi connectivity index (χ3v) is 6.93. The minimum atomic E-state index is -0.419. The molecule has 4 aromatic rings. The van der Waals surface area contributed by atoms with E-state index in [9.17, 15) is 9.59 Å². The Morgan fingerprint density at radius 1 is 1.09 bits per heavy atom. The SMILES string of the molecule is Cc1nsc2nc(C(C(C)C)N(CCCN)C(=O)c3ccccc3)n(Cc3ccccc3)c(=O)c12. The summed E-state index contributed by atoms with van der Waals surface area (Å²) < 4.78 is 6.12. The van der Waals surface area contributed by atoms with E-state index < -0.39 is 6.04 Å². The van der Waals surface area contributed by atoms with E-state index in [1.165, 1.54) is 11.5 Å². The number of nitrogens with zero attached hydrogens (tertiary/aromatic N) is 4. The van der Waals surface area contributed by atoms with Crippen LogP contribution >= 0.6 is 11.5 Å². The zero-order valence-corrected chi connectivity index (χ0v) is 21.2. The predicted octanol–water partition coefficient (Wildman–Crippen LogP) is 4.40. The average molecular weight is 490 g/mol. The second-order valence-electron chi connectivity index (χ2n) is 8.99. The highest BCUT2D eigenvalue weighted by molar-refractivity contribution is 7.12. The molecule has 7 nitrogen and oxygen atoms in total. The molecule has 0 saturated carbocycles. The topological polar surface area (TPSA) is 94.1 Å². The second-order valence-corrected chi connectivity index (χ2v) is 9.74. The normalized spacial score (nSPS) is 12.3. The van der Waals surface area contributed by atoms with E-state index in [-0.39, 0.29) is 17.4 Å². The summed E-state index contributed by atoms with van der Waals surface area (Å²) in [5, 5.41) is 0.542. The van der Waals surface area contributed by atoms with Crippen molar-refractivity contribution in [3.05, 3.63) is 93.7 Å². The molecule has 0 aliphatic rings. The van der Waals surface area contributed by atoms with Gasteiger partial charge in [0.1, 0.15) is 5.82 Å². The second kappa shape index (κ2) is 10.9. The summed E-state index contributed by atoms with van der Waals surface area (Å²) in [4.78, 5) is 35.0. The first-order valence-electron chi connectivity index (χ1n) is 11.9. The molecule has 0 bridgehead atoms. The van der Waals surface area contributed by atoms with Gasteiger partial charge in [-0.15, -0.1) is 0 Å². The van der Waals surface area contributed by atoms with Gasteiger partial charge in [0.05, 0.1) is 23.7 Å². The lowest BCUT2D eigenvalue weighted by molar-refractivity contribution is 0.0603. The summed E-state index contributed by atoms with van der Waals surface area (Å²) >= 11 is 1.22. The van der Waals surface area contributed by atoms with Crippen molar-refractivity contribution in [1.82, 2.24) is 18.8 Å². The van der Waals surface area contributed by atoms with Crippen molar-refractivity contribution in [3.63, 3.8) is 0 Å². The highest BCUT2D eigenvalue weighted by atomic mass is 32.1. The van der Waals surface area contributed by atoms with E-state index in [0.29, 0.717) is 53.4 Å². The van der Waals surface area contributed by atoms with Crippen molar-refractivity contribution in [3.8, 4) is 0 Å². The standard InChI is InChI=1S/C27H31N5O2S/c1-18(2)23(31(16-10-15-28)26(33)21-13-8-5-9-14-21)24-29-25-22(19(3)30-35-25)27(34)32(24)17-20-11-6-4-7-12-20/h4-9,11-14,18,23H,10,15-17,28H2,1-3H3. The number of carbonyl (C=O) groups excluding carboxylic acids is 1. The fraction of sp³-hybridized carbons (Fsp3) is 0.333. The van der Waals surface area contributed by atoms with E-state index >= 15 is 0 Å². The molecule has 1 amide bonds. The molecule has 4 rings (SSSR count). The van der Waals surface area contributed by atoms with Crippen LogP contribution in [0.4, 0.5) is 0 Å². The molecular formula is C27H31N5O2S. The summed E-state index contributed by atoms with van der Waals surface area (Å²) in [6, 6.07) is 18.7. The number of hydrogen-bond donors (Lipinski definition) is 1. The fourth-order valence-electron chi connectivity index (χ4n) is 4.40. The van der Waals surface area contributed by atoms with Gasteiger partial charge in [-0.1, -0.05) is 62.4 Å². The van der Waals surface area contributed by atoms with Gasteiger partial charge in [0.2, 0.25) is 0 Å². The molecule has 0 spiro atoms. The maximum Gasteiger partial charge on any atom is 0.264 e. The molecular weight excluding hydrogens is 458 g/mol. The van der Waals surface area contributed by atoms with Crippen LogP contribution in [-0.2, 0) is 6.54 Å². The first kappa shape index (κ1) is 24.8. The summed E-state index contributed by atoms with van der Waals surface area (Å²) in [5.74, 6) is 0.478. The van der Waals surface area contributed by atoms with Gasteiger partial charge in [-0.2, -0.15) is 4.37 Å². The van der Waals surface area contributed by atoms with Crippen LogP contribution in [0.3, 0.4) is 0 Å². The van der Waals surface area contributed by atoms with E-state index in [4.69, 9.17) is 10.7 Å². The lowest BCUT2D eigenvalue weighted by atomic mass is 9.99. The van der Waals surface area contributed by atoms with Crippen LogP contribution in [0.2, 0.25) is 0 Å². The Morgan fingerprint density at radius 3 is 2.37 bits per heavy atom. The minimum Gasteiger partial charge on any atom is -0.330 e. The Morgan fingerprint density at radius 2 is 1.74 bits per heavy atom. The zero-order chi connectivity index (χ0) is 24.9. The first-order valence-corrected chi connectivity index (χ1v) is 12.7. The lowest BCUT2D eigenvalue weighted by Gasteiger charge is -2.35. The van der Waals surface area contributed by atoms with Gasteiger partial charge in [-0.05, 0) is 55.0 Å². The molecule has 8 heteroatoms. The number of carbonyl (C=O) groups is 1. The van der Waals surface area contributed by atoms with Crippen LogP contribution in [0.1, 0.15) is 53.7 Å². The van der Waals surface area contributed by atoms with Crippen LogP contribution in [0, 0.1) is 12.8 Å². The number of fused-ring (bicyclic) bond motifs is 1. The maximum absolute atomic E-state index is 13.8. The summed E-state index contributed by atoms with van der Waals surface area (Å²) in [6.07, 6.45) is 0.645. The van der Waals surface area contributed by atoms with Gasteiger partial charge >= 0.3 is 0 Å². The molecule has 2 N–H and O–H groups in total. The third-order valence-electron chi connectivity index (χ3n) is 6.10. The fourth-order valence-corrected chi connectivity index (χ4v) is 5.18. The number of amides is 1. The monoisotopic (exact) mass is 489 g/mol.